The number of aryl methyl sites for hydroxylation is 1. The molecule has 1 aromatic heterocycles. The molecule has 168 valence electrons. The fourth-order valence-electron chi connectivity index (χ4n) is 3.76. The van der Waals surface area contributed by atoms with E-state index in [0.717, 1.165) is 39.8 Å². The van der Waals surface area contributed by atoms with E-state index in [2.05, 4.69) is 65.0 Å². The first-order valence-electron chi connectivity index (χ1n) is 11.1. The maximum absolute atomic E-state index is 13.3. The number of carbonyl (C=O) groups is 1. The van der Waals surface area contributed by atoms with Crippen LogP contribution >= 0.6 is 11.8 Å². The first-order chi connectivity index (χ1) is 16.2. The number of hydrogen-bond donors (Lipinski definition) is 0. The minimum Gasteiger partial charge on any atom is -0.333 e. The molecule has 3 aromatic carbocycles. The Hall–Kier alpha value is -3.38. The number of hydrogen-bond acceptors (Lipinski definition) is 4. The second-order valence-corrected chi connectivity index (χ2v) is 8.82. The summed E-state index contributed by atoms with van der Waals surface area (Å²) in [6.07, 6.45) is 0. The second kappa shape index (κ2) is 11.0. The van der Waals surface area contributed by atoms with E-state index in [9.17, 15) is 4.79 Å². The summed E-state index contributed by atoms with van der Waals surface area (Å²) in [5.74, 6) is 1.23. The van der Waals surface area contributed by atoms with Crippen LogP contribution < -0.4 is 0 Å². The van der Waals surface area contributed by atoms with Crippen molar-refractivity contribution in [1.82, 2.24) is 19.7 Å². The van der Waals surface area contributed by atoms with Crippen molar-refractivity contribution in [3.05, 3.63) is 102 Å². The lowest BCUT2D eigenvalue weighted by atomic mass is 10.1. The molecule has 0 aliphatic rings. The van der Waals surface area contributed by atoms with Crippen molar-refractivity contribution in [1.29, 1.82) is 0 Å². The number of benzene rings is 3. The molecular formula is C27H28N4OS. The lowest BCUT2D eigenvalue weighted by Gasteiger charge is -2.23. The maximum Gasteiger partial charge on any atom is 0.233 e. The Morgan fingerprint density at radius 3 is 2.00 bits per heavy atom. The smallest absolute Gasteiger partial charge is 0.233 e. The first kappa shape index (κ1) is 22.8. The minimum atomic E-state index is 0.0794. The van der Waals surface area contributed by atoms with Crippen molar-refractivity contribution >= 4 is 17.7 Å². The Kier molecular flexibility index (Phi) is 7.58. The Bertz CT molecular complexity index is 1150. The highest BCUT2D eigenvalue weighted by Gasteiger charge is 2.19. The van der Waals surface area contributed by atoms with Gasteiger partial charge in [0.1, 0.15) is 0 Å². The van der Waals surface area contributed by atoms with Crippen LogP contribution in [0.5, 0.6) is 0 Å². The molecule has 0 spiro atoms. The summed E-state index contributed by atoms with van der Waals surface area (Å²) in [5.41, 5.74) is 4.46. The van der Waals surface area contributed by atoms with Gasteiger partial charge in [0.2, 0.25) is 5.91 Å². The zero-order valence-corrected chi connectivity index (χ0v) is 19.8. The molecule has 33 heavy (non-hydrogen) atoms. The van der Waals surface area contributed by atoms with Crippen LogP contribution in [0.15, 0.2) is 90.1 Å². The molecule has 0 radical (unpaired) electrons. The molecule has 1 heterocycles. The molecule has 0 N–H and O–H groups in total. The van der Waals surface area contributed by atoms with Crippen LogP contribution in [0, 0.1) is 6.92 Å². The predicted molar refractivity (Wildman–Crippen MR) is 134 cm³/mol. The molecule has 0 fully saturated rings. The maximum atomic E-state index is 13.3. The zero-order chi connectivity index (χ0) is 23.0. The fraction of sp³-hybridized carbons (Fsp3) is 0.222. The van der Waals surface area contributed by atoms with Crippen LogP contribution in [0.3, 0.4) is 0 Å². The zero-order valence-electron chi connectivity index (χ0n) is 19.0. The SMILES string of the molecule is CCn1c(SCC(=O)N(Cc2ccccc2)Cc2ccccc2)nnc1-c1ccccc1C. The van der Waals surface area contributed by atoms with Crippen molar-refractivity contribution in [2.75, 3.05) is 5.75 Å². The number of rotatable bonds is 9. The second-order valence-electron chi connectivity index (χ2n) is 7.88. The van der Waals surface area contributed by atoms with E-state index in [1.807, 2.05) is 53.4 Å². The lowest BCUT2D eigenvalue weighted by molar-refractivity contribution is -0.129. The highest BCUT2D eigenvalue weighted by Crippen LogP contribution is 2.26. The molecule has 0 atom stereocenters. The molecule has 0 saturated heterocycles. The Morgan fingerprint density at radius 1 is 0.848 bits per heavy atom. The van der Waals surface area contributed by atoms with E-state index < -0.39 is 0 Å². The molecule has 0 aliphatic carbocycles. The number of carbonyl (C=O) groups excluding carboxylic acids is 1. The number of aromatic nitrogens is 3. The molecule has 5 nitrogen and oxygen atoms in total. The lowest BCUT2D eigenvalue weighted by Crippen LogP contribution is -2.31. The number of amides is 1. The van der Waals surface area contributed by atoms with Crippen LogP contribution in [0.2, 0.25) is 0 Å². The fourth-order valence-corrected chi connectivity index (χ4v) is 4.67. The van der Waals surface area contributed by atoms with Crippen molar-refractivity contribution < 1.29 is 4.79 Å². The van der Waals surface area contributed by atoms with Crippen molar-refractivity contribution in [2.24, 2.45) is 0 Å². The molecule has 1 amide bonds. The third-order valence-corrected chi connectivity index (χ3v) is 6.48. The normalized spacial score (nSPS) is 10.8. The summed E-state index contributed by atoms with van der Waals surface area (Å²) >= 11 is 1.45. The third-order valence-electron chi connectivity index (χ3n) is 5.53. The van der Waals surface area contributed by atoms with Gasteiger partial charge in [-0.2, -0.15) is 0 Å². The summed E-state index contributed by atoms with van der Waals surface area (Å²) in [6.45, 7) is 6.04. The van der Waals surface area contributed by atoms with E-state index in [-0.39, 0.29) is 5.91 Å². The predicted octanol–water partition coefficient (Wildman–Crippen LogP) is 5.59. The third kappa shape index (κ3) is 5.71. The van der Waals surface area contributed by atoms with Gasteiger partial charge in [0, 0.05) is 25.2 Å². The van der Waals surface area contributed by atoms with Gasteiger partial charge in [-0.15, -0.1) is 10.2 Å². The van der Waals surface area contributed by atoms with Crippen LogP contribution in [-0.4, -0.2) is 31.3 Å². The summed E-state index contributed by atoms with van der Waals surface area (Å²) < 4.78 is 2.08. The average molecular weight is 457 g/mol. The highest BCUT2D eigenvalue weighted by atomic mass is 32.2. The van der Waals surface area contributed by atoms with Gasteiger partial charge < -0.3 is 9.47 Å². The molecule has 0 bridgehead atoms. The molecule has 0 unspecified atom stereocenters. The van der Waals surface area contributed by atoms with Crippen LogP contribution in [-0.2, 0) is 24.4 Å². The van der Waals surface area contributed by atoms with E-state index in [1.165, 1.54) is 11.8 Å². The van der Waals surface area contributed by atoms with Gasteiger partial charge in [-0.05, 0) is 30.5 Å². The minimum absolute atomic E-state index is 0.0794. The van der Waals surface area contributed by atoms with Crippen LogP contribution in [0.1, 0.15) is 23.6 Å². The summed E-state index contributed by atoms with van der Waals surface area (Å²) in [4.78, 5) is 15.2. The molecule has 4 rings (SSSR count). The topological polar surface area (TPSA) is 51.0 Å². The van der Waals surface area contributed by atoms with E-state index in [0.29, 0.717) is 18.8 Å². The monoisotopic (exact) mass is 456 g/mol. The highest BCUT2D eigenvalue weighted by molar-refractivity contribution is 7.99. The van der Waals surface area contributed by atoms with E-state index in [4.69, 9.17) is 0 Å². The van der Waals surface area contributed by atoms with Crippen LogP contribution in [0.4, 0.5) is 0 Å². The molecule has 0 aliphatic heterocycles. The van der Waals surface area contributed by atoms with Gasteiger partial charge in [-0.3, -0.25) is 4.79 Å². The molecular weight excluding hydrogens is 428 g/mol. The van der Waals surface area contributed by atoms with Gasteiger partial charge in [-0.1, -0.05) is 96.7 Å². The van der Waals surface area contributed by atoms with Gasteiger partial charge in [0.25, 0.3) is 0 Å². The Balaban J connectivity index is 1.51. The largest absolute Gasteiger partial charge is 0.333 e. The van der Waals surface area contributed by atoms with Gasteiger partial charge in [-0.25, -0.2) is 0 Å². The van der Waals surface area contributed by atoms with E-state index in [1.54, 1.807) is 0 Å². The number of nitrogens with zero attached hydrogens (tertiary/aromatic N) is 4. The first-order valence-corrected chi connectivity index (χ1v) is 12.1. The van der Waals surface area contributed by atoms with E-state index >= 15 is 0 Å². The summed E-state index contributed by atoms with van der Waals surface area (Å²) in [6, 6.07) is 28.4. The van der Waals surface area contributed by atoms with Gasteiger partial charge in [0.05, 0.1) is 5.75 Å². The van der Waals surface area contributed by atoms with Crippen LogP contribution in [0.25, 0.3) is 11.4 Å². The molecule has 0 saturated carbocycles. The summed E-state index contributed by atoms with van der Waals surface area (Å²) in [7, 11) is 0. The number of thioether (sulfide) groups is 1. The standard InChI is InChI=1S/C27H28N4OS/c1-3-31-26(24-17-11-10-12-21(24)2)28-29-27(31)33-20-25(32)30(18-22-13-6-4-7-14-22)19-23-15-8-5-9-16-23/h4-17H,3,18-20H2,1-2H3. The van der Waals surface area contributed by atoms with Gasteiger partial charge in [0.15, 0.2) is 11.0 Å². The van der Waals surface area contributed by atoms with Crippen molar-refractivity contribution in [3.63, 3.8) is 0 Å². The molecule has 6 heteroatoms. The van der Waals surface area contributed by atoms with Crippen molar-refractivity contribution in [2.45, 2.75) is 38.6 Å². The quantitative estimate of drug-likeness (QED) is 0.308. The Labute approximate surface area is 199 Å². The van der Waals surface area contributed by atoms with Gasteiger partial charge >= 0.3 is 0 Å². The Morgan fingerprint density at radius 2 is 1.42 bits per heavy atom. The molecule has 4 aromatic rings. The average Bonchev–Trinajstić information content (AvgIpc) is 3.26. The van der Waals surface area contributed by atoms with Crippen molar-refractivity contribution in [3.8, 4) is 11.4 Å². The summed E-state index contributed by atoms with van der Waals surface area (Å²) in [5, 5.41) is 9.62.